The summed E-state index contributed by atoms with van der Waals surface area (Å²) >= 11 is 1.86. The van der Waals surface area contributed by atoms with Gasteiger partial charge in [-0.25, -0.2) is 4.39 Å². The number of amides is 2. The van der Waals surface area contributed by atoms with E-state index in [9.17, 15) is 14.0 Å². The van der Waals surface area contributed by atoms with Gasteiger partial charge in [0.25, 0.3) is 5.91 Å². The molecule has 0 aliphatic carbocycles. The summed E-state index contributed by atoms with van der Waals surface area (Å²) in [4.78, 5) is 26.7. The number of nitrogens with zero attached hydrogens (tertiary/aromatic N) is 1. The van der Waals surface area contributed by atoms with E-state index in [1.807, 2.05) is 41.8 Å². The Balaban J connectivity index is 1.63. The average Bonchev–Trinajstić information content (AvgIpc) is 2.67. The second kappa shape index (κ2) is 8.90. The first kappa shape index (κ1) is 19.2. The van der Waals surface area contributed by atoms with Crippen molar-refractivity contribution in [2.24, 2.45) is 0 Å². The molecule has 142 valence electrons. The minimum absolute atomic E-state index is 0.0232. The number of carbonyl (C=O) groups excluding carboxylic acids is 2. The van der Waals surface area contributed by atoms with Crippen LogP contribution >= 0.6 is 11.8 Å². The zero-order chi connectivity index (χ0) is 19.2. The molecule has 0 radical (unpaired) electrons. The molecule has 1 fully saturated rings. The maximum absolute atomic E-state index is 13.2. The molecular formula is C20H22FN3O2S. The fourth-order valence-corrected chi connectivity index (χ4v) is 3.85. The first-order valence-electron chi connectivity index (χ1n) is 8.80. The lowest BCUT2D eigenvalue weighted by Gasteiger charge is -2.27. The molecule has 5 nitrogen and oxygen atoms in total. The highest BCUT2D eigenvalue weighted by atomic mass is 32.2. The Morgan fingerprint density at radius 3 is 2.63 bits per heavy atom. The van der Waals surface area contributed by atoms with Crippen LogP contribution in [-0.2, 0) is 4.79 Å². The normalized spacial score (nSPS) is 13.9. The zero-order valence-electron chi connectivity index (χ0n) is 15.1. The number of hydrogen-bond acceptors (Lipinski definition) is 4. The summed E-state index contributed by atoms with van der Waals surface area (Å²) in [6.07, 6.45) is 0. The van der Waals surface area contributed by atoms with Gasteiger partial charge in [0.1, 0.15) is 5.82 Å². The second-order valence-electron chi connectivity index (χ2n) is 6.29. The van der Waals surface area contributed by atoms with Crippen LogP contribution in [0.5, 0.6) is 0 Å². The Labute approximate surface area is 162 Å². The first-order chi connectivity index (χ1) is 13.0. The molecule has 0 spiro atoms. The lowest BCUT2D eigenvalue weighted by atomic mass is 10.1. The van der Waals surface area contributed by atoms with E-state index >= 15 is 0 Å². The maximum atomic E-state index is 13.2. The molecule has 0 saturated carbocycles. The third kappa shape index (κ3) is 5.01. The van der Waals surface area contributed by atoms with Gasteiger partial charge in [0, 0.05) is 41.5 Å². The number of rotatable bonds is 5. The van der Waals surface area contributed by atoms with Crippen molar-refractivity contribution in [2.45, 2.75) is 6.92 Å². The van der Waals surface area contributed by atoms with Gasteiger partial charge < -0.3 is 15.5 Å². The number of anilines is 2. The van der Waals surface area contributed by atoms with E-state index in [0.717, 1.165) is 35.8 Å². The smallest absolute Gasteiger partial charge is 0.254 e. The van der Waals surface area contributed by atoms with Crippen LogP contribution in [0.15, 0.2) is 42.5 Å². The summed E-state index contributed by atoms with van der Waals surface area (Å²) in [5.41, 5.74) is 2.61. The number of thioether (sulfide) groups is 1. The van der Waals surface area contributed by atoms with E-state index < -0.39 is 5.82 Å². The van der Waals surface area contributed by atoms with Crippen molar-refractivity contribution in [2.75, 3.05) is 41.8 Å². The molecule has 27 heavy (non-hydrogen) atoms. The summed E-state index contributed by atoms with van der Waals surface area (Å²) in [7, 11) is 0. The topological polar surface area (TPSA) is 61.4 Å². The summed E-state index contributed by atoms with van der Waals surface area (Å²) < 4.78 is 13.2. The lowest BCUT2D eigenvalue weighted by molar-refractivity contribution is -0.114. The molecule has 1 aliphatic heterocycles. The fraction of sp³-hybridized carbons (Fsp3) is 0.300. The van der Waals surface area contributed by atoms with Crippen molar-refractivity contribution in [1.82, 2.24) is 4.90 Å². The van der Waals surface area contributed by atoms with Crippen LogP contribution in [0, 0.1) is 12.7 Å². The molecule has 2 aromatic rings. The number of hydrogen-bond donors (Lipinski definition) is 2. The van der Waals surface area contributed by atoms with Gasteiger partial charge >= 0.3 is 0 Å². The largest absolute Gasteiger partial charge is 0.376 e. The van der Waals surface area contributed by atoms with Gasteiger partial charge in [-0.2, -0.15) is 11.8 Å². The van der Waals surface area contributed by atoms with Crippen LogP contribution in [0.3, 0.4) is 0 Å². The summed E-state index contributed by atoms with van der Waals surface area (Å²) in [6, 6.07) is 11.2. The summed E-state index contributed by atoms with van der Waals surface area (Å²) in [6.45, 7) is 3.42. The molecule has 0 unspecified atom stereocenters. The first-order valence-corrected chi connectivity index (χ1v) is 9.96. The molecule has 0 atom stereocenters. The van der Waals surface area contributed by atoms with Crippen LogP contribution in [0.1, 0.15) is 15.9 Å². The minimum Gasteiger partial charge on any atom is -0.376 e. The lowest BCUT2D eigenvalue weighted by Crippen LogP contribution is -2.38. The standard InChI is InChI=1S/C20H22FN3O2S/c1-14-17(20(26)24-8-10-27-11-9-24)6-3-7-18(14)22-13-19(25)23-16-5-2-4-15(21)12-16/h2-7,12,22H,8-11,13H2,1H3,(H,23,25). The van der Waals surface area contributed by atoms with Crippen molar-refractivity contribution in [3.63, 3.8) is 0 Å². The minimum atomic E-state index is -0.404. The Hall–Kier alpha value is -2.54. The third-order valence-corrected chi connectivity index (χ3v) is 5.35. The van der Waals surface area contributed by atoms with Crippen molar-refractivity contribution >= 4 is 35.0 Å². The molecule has 2 amide bonds. The molecule has 0 aromatic heterocycles. The number of carbonyl (C=O) groups is 2. The van der Waals surface area contributed by atoms with Gasteiger partial charge in [-0.05, 0) is 42.8 Å². The van der Waals surface area contributed by atoms with E-state index in [1.165, 1.54) is 18.2 Å². The number of benzene rings is 2. The van der Waals surface area contributed by atoms with Gasteiger partial charge in [0.05, 0.1) is 6.54 Å². The molecule has 1 aliphatic rings. The Morgan fingerprint density at radius 1 is 1.15 bits per heavy atom. The molecule has 3 rings (SSSR count). The summed E-state index contributed by atoms with van der Waals surface area (Å²) in [5, 5.41) is 5.71. The number of nitrogens with one attached hydrogen (secondary N) is 2. The monoisotopic (exact) mass is 387 g/mol. The van der Waals surface area contributed by atoms with Crippen molar-refractivity contribution in [3.8, 4) is 0 Å². The van der Waals surface area contributed by atoms with Crippen LogP contribution in [0.4, 0.5) is 15.8 Å². The predicted molar refractivity (Wildman–Crippen MR) is 108 cm³/mol. The highest BCUT2D eigenvalue weighted by Gasteiger charge is 2.20. The Kier molecular flexibility index (Phi) is 6.34. The third-order valence-electron chi connectivity index (χ3n) is 4.41. The van der Waals surface area contributed by atoms with E-state index in [2.05, 4.69) is 10.6 Å². The second-order valence-corrected chi connectivity index (χ2v) is 7.52. The highest BCUT2D eigenvalue weighted by molar-refractivity contribution is 7.99. The summed E-state index contributed by atoms with van der Waals surface area (Å²) in [5.74, 6) is 1.26. The molecule has 1 heterocycles. The fourth-order valence-electron chi connectivity index (χ4n) is 2.94. The predicted octanol–water partition coefficient (Wildman–Crippen LogP) is 3.37. The van der Waals surface area contributed by atoms with Crippen LogP contribution in [0.25, 0.3) is 0 Å². The zero-order valence-corrected chi connectivity index (χ0v) is 15.9. The number of halogens is 1. The van der Waals surface area contributed by atoms with Gasteiger partial charge in [-0.1, -0.05) is 12.1 Å². The maximum Gasteiger partial charge on any atom is 0.254 e. The van der Waals surface area contributed by atoms with Crippen LogP contribution in [0.2, 0.25) is 0 Å². The van der Waals surface area contributed by atoms with Gasteiger partial charge in [0.15, 0.2) is 0 Å². The van der Waals surface area contributed by atoms with E-state index in [0.29, 0.717) is 11.3 Å². The van der Waals surface area contributed by atoms with Gasteiger partial charge in [-0.15, -0.1) is 0 Å². The van der Waals surface area contributed by atoms with E-state index in [4.69, 9.17) is 0 Å². The molecule has 2 N–H and O–H groups in total. The highest BCUT2D eigenvalue weighted by Crippen LogP contribution is 2.22. The SMILES string of the molecule is Cc1c(NCC(=O)Nc2cccc(F)c2)cccc1C(=O)N1CCSCC1. The average molecular weight is 387 g/mol. The molecule has 2 aromatic carbocycles. The van der Waals surface area contributed by atoms with Gasteiger partial charge in [-0.3, -0.25) is 9.59 Å². The molecule has 0 bridgehead atoms. The van der Waals surface area contributed by atoms with Gasteiger partial charge in [0.2, 0.25) is 5.91 Å². The van der Waals surface area contributed by atoms with Crippen LogP contribution in [-0.4, -0.2) is 47.9 Å². The quantitative estimate of drug-likeness (QED) is 0.826. The van der Waals surface area contributed by atoms with E-state index in [1.54, 1.807) is 6.07 Å². The molecule has 7 heteroatoms. The van der Waals surface area contributed by atoms with Crippen molar-refractivity contribution in [3.05, 3.63) is 59.4 Å². The van der Waals surface area contributed by atoms with Crippen molar-refractivity contribution < 1.29 is 14.0 Å². The van der Waals surface area contributed by atoms with E-state index in [-0.39, 0.29) is 18.4 Å². The molecule has 1 saturated heterocycles. The Bertz CT molecular complexity index is 838. The van der Waals surface area contributed by atoms with Crippen molar-refractivity contribution in [1.29, 1.82) is 0 Å². The Morgan fingerprint density at radius 2 is 1.89 bits per heavy atom. The van der Waals surface area contributed by atoms with Crippen LogP contribution < -0.4 is 10.6 Å². The molecular weight excluding hydrogens is 365 g/mol.